The first-order valence-corrected chi connectivity index (χ1v) is 7.65. The van der Waals surface area contributed by atoms with Crippen LogP contribution < -0.4 is 10.6 Å². The highest BCUT2D eigenvalue weighted by Crippen LogP contribution is 2.15. The molecule has 1 rings (SSSR count). The standard InChI is InChI=1S/C15H25N5O2/c1-5-11(6-2)13(21)8-17-15(22)18-14-12(7-16)9-20(19-14)10(3)4/h9-11,13,21H,5-6,8H2,1-4H3,(H2,17,18,19,22). The molecule has 0 saturated heterocycles. The number of anilines is 1. The van der Waals surface area contributed by atoms with E-state index in [0.29, 0.717) is 5.56 Å². The molecule has 3 N–H and O–H groups in total. The lowest BCUT2D eigenvalue weighted by atomic mass is 9.97. The fourth-order valence-electron chi connectivity index (χ4n) is 2.18. The second-order valence-corrected chi connectivity index (χ2v) is 5.56. The SMILES string of the molecule is CCC(CC)C(O)CNC(=O)Nc1nn(C(C)C)cc1C#N. The predicted molar refractivity (Wildman–Crippen MR) is 84.4 cm³/mol. The van der Waals surface area contributed by atoms with Crippen LogP contribution in [0, 0.1) is 17.2 Å². The molecule has 1 heterocycles. The molecule has 0 aliphatic heterocycles. The minimum Gasteiger partial charge on any atom is -0.391 e. The molecule has 0 fully saturated rings. The normalized spacial score (nSPS) is 12.3. The van der Waals surface area contributed by atoms with Crippen molar-refractivity contribution in [1.82, 2.24) is 15.1 Å². The molecule has 1 atom stereocenters. The minimum absolute atomic E-state index is 0.0994. The predicted octanol–water partition coefficient (Wildman–Crippen LogP) is 2.25. The number of nitrogens with zero attached hydrogens (tertiary/aromatic N) is 3. The Hall–Kier alpha value is -2.07. The maximum absolute atomic E-state index is 11.9. The van der Waals surface area contributed by atoms with E-state index in [1.165, 1.54) is 0 Å². The maximum Gasteiger partial charge on any atom is 0.320 e. The molecular formula is C15H25N5O2. The van der Waals surface area contributed by atoms with Crippen LogP contribution in [0.15, 0.2) is 6.20 Å². The fourth-order valence-corrected chi connectivity index (χ4v) is 2.18. The van der Waals surface area contributed by atoms with Gasteiger partial charge in [-0.3, -0.25) is 10.00 Å². The van der Waals surface area contributed by atoms with Gasteiger partial charge in [-0.05, 0) is 19.8 Å². The number of aromatic nitrogens is 2. The van der Waals surface area contributed by atoms with E-state index < -0.39 is 12.1 Å². The summed E-state index contributed by atoms with van der Waals surface area (Å²) in [6.07, 6.45) is 2.74. The number of rotatable bonds is 7. The zero-order valence-corrected chi connectivity index (χ0v) is 13.6. The van der Waals surface area contributed by atoms with Gasteiger partial charge in [0.05, 0.1) is 6.10 Å². The Morgan fingerprint density at radius 3 is 2.59 bits per heavy atom. The summed E-state index contributed by atoms with van der Waals surface area (Å²) in [5, 5.41) is 28.4. The van der Waals surface area contributed by atoms with Crippen LogP contribution in [-0.4, -0.2) is 33.6 Å². The lowest BCUT2D eigenvalue weighted by Gasteiger charge is -2.20. The molecule has 22 heavy (non-hydrogen) atoms. The average Bonchev–Trinajstić information content (AvgIpc) is 2.89. The molecule has 0 aromatic carbocycles. The van der Waals surface area contributed by atoms with Crippen LogP contribution in [0.25, 0.3) is 0 Å². The van der Waals surface area contributed by atoms with E-state index in [4.69, 9.17) is 5.26 Å². The van der Waals surface area contributed by atoms with Crippen LogP contribution >= 0.6 is 0 Å². The quantitative estimate of drug-likeness (QED) is 0.718. The molecule has 122 valence electrons. The smallest absolute Gasteiger partial charge is 0.320 e. The molecule has 0 spiro atoms. The van der Waals surface area contributed by atoms with Crippen LogP contribution in [0.4, 0.5) is 10.6 Å². The van der Waals surface area contributed by atoms with Crippen molar-refractivity contribution in [3.05, 3.63) is 11.8 Å². The van der Waals surface area contributed by atoms with Gasteiger partial charge in [0.2, 0.25) is 0 Å². The number of aliphatic hydroxyl groups excluding tert-OH is 1. The number of hydrogen-bond donors (Lipinski definition) is 3. The van der Waals surface area contributed by atoms with Crippen molar-refractivity contribution >= 4 is 11.8 Å². The molecule has 1 unspecified atom stereocenters. The molecule has 7 heteroatoms. The molecule has 0 radical (unpaired) electrons. The third-order valence-electron chi connectivity index (χ3n) is 3.68. The monoisotopic (exact) mass is 307 g/mol. The van der Waals surface area contributed by atoms with Gasteiger partial charge in [-0.2, -0.15) is 10.4 Å². The van der Waals surface area contributed by atoms with Crippen molar-refractivity contribution in [2.75, 3.05) is 11.9 Å². The summed E-state index contributed by atoms with van der Waals surface area (Å²) in [7, 11) is 0. The fraction of sp³-hybridized carbons (Fsp3) is 0.667. The van der Waals surface area contributed by atoms with Gasteiger partial charge < -0.3 is 10.4 Å². The zero-order valence-electron chi connectivity index (χ0n) is 13.6. The van der Waals surface area contributed by atoms with E-state index in [0.717, 1.165) is 12.8 Å². The highest BCUT2D eigenvalue weighted by Gasteiger charge is 2.17. The Morgan fingerprint density at radius 2 is 2.09 bits per heavy atom. The number of nitrogens with one attached hydrogen (secondary N) is 2. The average molecular weight is 307 g/mol. The molecule has 1 aromatic heterocycles. The summed E-state index contributed by atoms with van der Waals surface area (Å²) in [6.45, 7) is 8.06. The summed E-state index contributed by atoms with van der Waals surface area (Å²) in [6, 6.07) is 1.63. The van der Waals surface area contributed by atoms with Crippen LogP contribution in [0.3, 0.4) is 0 Å². The van der Waals surface area contributed by atoms with E-state index >= 15 is 0 Å². The van der Waals surface area contributed by atoms with Gasteiger partial charge in [0.1, 0.15) is 11.6 Å². The third-order valence-corrected chi connectivity index (χ3v) is 3.68. The Kier molecular flexibility index (Phi) is 6.86. The molecule has 7 nitrogen and oxygen atoms in total. The second kappa shape index (κ2) is 8.39. The minimum atomic E-state index is -0.579. The number of aliphatic hydroxyl groups is 1. The van der Waals surface area contributed by atoms with E-state index in [-0.39, 0.29) is 24.3 Å². The van der Waals surface area contributed by atoms with Crippen molar-refractivity contribution in [2.45, 2.75) is 52.7 Å². The number of carbonyl (C=O) groups excluding carboxylic acids is 1. The van der Waals surface area contributed by atoms with E-state index in [1.807, 2.05) is 33.8 Å². The molecule has 1 aromatic rings. The number of carbonyl (C=O) groups is 1. The molecule has 0 aliphatic carbocycles. The van der Waals surface area contributed by atoms with E-state index in [1.54, 1.807) is 10.9 Å². The van der Waals surface area contributed by atoms with Gasteiger partial charge in [-0.1, -0.05) is 26.7 Å². The maximum atomic E-state index is 11.9. The van der Waals surface area contributed by atoms with Crippen molar-refractivity contribution in [1.29, 1.82) is 5.26 Å². The Balaban J connectivity index is 2.61. The molecule has 0 bridgehead atoms. The molecule has 2 amide bonds. The van der Waals surface area contributed by atoms with Crippen molar-refractivity contribution in [2.24, 2.45) is 5.92 Å². The Labute approximate surface area is 131 Å². The topological polar surface area (TPSA) is 103 Å². The lowest BCUT2D eigenvalue weighted by molar-refractivity contribution is 0.104. The van der Waals surface area contributed by atoms with Gasteiger partial charge in [0.25, 0.3) is 0 Å². The van der Waals surface area contributed by atoms with Gasteiger partial charge in [-0.25, -0.2) is 4.79 Å². The summed E-state index contributed by atoms with van der Waals surface area (Å²) in [4.78, 5) is 11.9. The first kappa shape index (κ1) is 18.0. The highest BCUT2D eigenvalue weighted by molar-refractivity contribution is 5.89. The summed E-state index contributed by atoms with van der Waals surface area (Å²) < 4.78 is 1.62. The van der Waals surface area contributed by atoms with Crippen molar-refractivity contribution in [3.8, 4) is 6.07 Å². The largest absolute Gasteiger partial charge is 0.391 e. The highest BCUT2D eigenvalue weighted by atomic mass is 16.3. The Morgan fingerprint density at radius 1 is 1.45 bits per heavy atom. The summed E-state index contributed by atoms with van der Waals surface area (Å²) in [5.74, 6) is 0.390. The van der Waals surface area contributed by atoms with Crippen LogP contribution in [0.1, 0.15) is 52.1 Å². The number of urea groups is 1. The second-order valence-electron chi connectivity index (χ2n) is 5.56. The molecular weight excluding hydrogens is 282 g/mol. The van der Waals surface area contributed by atoms with Gasteiger partial charge in [-0.15, -0.1) is 0 Å². The van der Waals surface area contributed by atoms with Gasteiger partial charge >= 0.3 is 6.03 Å². The third kappa shape index (κ3) is 4.74. The number of amides is 2. The lowest BCUT2D eigenvalue weighted by Crippen LogP contribution is -2.38. The van der Waals surface area contributed by atoms with Crippen LogP contribution in [-0.2, 0) is 0 Å². The Bertz CT molecular complexity index is 529. The first-order valence-electron chi connectivity index (χ1n) is 7.65. The summed E-state index contributed by atoms with van der Waals surface area (Å²) >= 11 is 0. The van der Waals surface area contributed by atoms with E-state index in [2.05, 4.69) is 15.7 Å². The number of hydrogen-bond acceptors (Lipinski definition) is 4. The summed E-state index contributed by atoms with van der Waals surface area (Å²) in [5.41, 5.74) is 0.310. The van der Waals surface area contributed by atoms with Crippen molar-refractivity contribution < 1.29 is 9.90 Å². The zero-order chi connectivity index (χ0) is 16.7. The number of nitriles is 1. The molecule has 0 saturated carbocycles. The van der Waals surface area contributed by atoms with E-state index in [9.17, 15) is 9.90 Å². The molecule has 0 aliphatic rings. The first-order chi connectivity index (χ1) is 10.4. The van der Waals surface area contributed by atoms with Crippen LogP contribution in [0.5, 0.6) is 0 Å². The van der Waals surface area contributed by atoms with Gasteiger partial charge in [0, 0.05) is 18.8 Å². The van der Waals surface area contributed by atoms with Gasteiger partial charge in [0.15, 0.2) is 5.82 Å². The van der Waals surface area contributed by atoms with Crippen molar-refractivity contribution in [3.63, 3.8) is 0 Å². The van der Waals surface area contributed by atoms with Crippen LogP contribution in [0.2, 0.25) is 0 Å².